The number of likely N-dealkylation sites (tertiary alicyclic amines) is 1. The Morgan fingerprint density at radius 1 is 1.36 bits per heavy atom. The molecule has 1 fully saturated rings. The number of rotatable bonds is 6. The van der Waals surface area contributed by atoms with Gasteiger partial charge in [0.25, 0.3) is 0 Å². The molecule has 1 atom stereocenters. The number of carbonyl (C=O) groups excluding carboxylic acids is 2. The van der Waals surface area contributed by atoms with Gasteiger partial charge in [-0.2, -0.15) is 0 Å². The molecule has 1 unspecified atom stereocenters. The van der Waals surface area contributed by atoms with Crippen LogP contribution in [0, 0.1) is 6.92 Å². The van der Waals surface area contributed by atoms with E-state index < -0.39 is 11.4 Å². The van der Waals surface area contributed by atoms with Crippen LogP contribution in [0.1, 0.15) is 30.4 Å². The van der Waals surface area contributed by atoms with Crippen molar-refractivity contribution in [3.8, 4) is 0 Å². The first-order valence-corrected chi connectivity index (χ1v) is 7.61. The van der Waals surface area contributed by atoms with Crippen LogP contribution in [0.3, 0.4) is 0 Å². The van der Waals surface area contributed by atoms with Crippen molar-refractivity contribution in [2.75, 3.05) is 20.3 Å². The fraction of sp³-hybridized carbons (Fsp3) is 0.529. The van der Waals surface area contributed by atoms with Crippen LogP contribution in [0.4, 0.5) is 0 Å². The van der Waals surface area contributed by atoms with E-state index in [0.29, 0.717) is 19.6 Å². The third-order valence-electron chi connectivity index (χ3n) is 4.42. The molecule has 1 aromatic rings. The van der Waals surface area contributed by atoms with E-state index in [1.165, 1.54) is 0 Å². The van der Waals surface area contributed by atoms with E-state index in [-0.39, 0.29) is 12.3 Å². The molecule has 0 spiro atoms. The maximum Gasteiger partial charge on any atom is 0.227 e. The van der Waals surface area contributed by atoms with E-state index in [1.54, 1.807) is 12.0 Å². The smallest absolute Gasteiger partial charge is 0.227 e. The van der Waals surface area contributed by atoms with Crippen molar-refractivity contribution in [2.45, 2.75) is 38.1 Å². The lowest BCUT2D eigenvalue weighted by Gasteiger charge is -2.37. The summed E-state index contributed by atoms with van der Waals surface area (Å²) < 4.78 is 5.28. The number of hydrogen-bond donors (Lipinski definition) is 1. The van der Waals surface area contributed by atoms with E-state index in [0.717, 1.165) is 24.0 Å². The average molecular weight is 304 g/mol. The molecule has 0 aromatic heterocycles. The second-order valence-corrected chi connectivity index (χ2v) is 6.05. The van der Waals surface area contributed by atoms with Crippen LogP contribution in [-0.4, -0.2) is 42.5 Å². The number of primary amides is 1. The van der Waals surface area contributed by atoms with Gasteiger partial charge in [-0.3, -0.25) is 9.59 Å². The quantitative estimate of drug-likeness (QED) is 0.864. The van der Waals surface area contributed by atoms with Gasteiger partial charge in [0.1, 0.15) is 0 Å². The van der Waals surface area contributed by atoms with Crippen molar-refractivity contribution in [1.82, 2.24) is 4.90 Å². The minimum atomic E-state index is -0.583. The molecule has 0 aliphatic carbocycles. The highest BCUT2D eigenvalue weighted by Crippen LogP contribution is 2.33. The summed E-state index contributed by atoms with van der Waals surface area (Å²) in [7, 11) is 1.59. The van der Waals surface area contributed by atoms with Crippen molar-refractivity contribution in [2.24, 2.45) is 5.73 Å². The van der Waals surface area contributed by atoms with Gasteiger partial charge in [0.05, 0.1) is 25.0 Å². The molecular weight excluding hydrogens is 280 g/mol. The highest BCUT2D eigenvalue weighted by Gasteiger charge is 2.44. The minimum absolute atomic E-state index is 0.0325. The lowest BCUT2D eigenvalue weighted by atomic mass is 9.91. The molecule has 2 N–H and O–H groups in total. The monoisotopic (exact) mass is 304 g/mol. The molecule has 5 heteroatoms. The molecular formula is C17H24N2O3. The fourth-order valence-corrected chi connectivity index (χ4v) is 3.37. The van der Waals surface area contributed by atoms with Gasteiger partial charge in [0.2, 0.25) is 11.8 Å². The molecule has 0 bridgehead atoms. The SMILES string of the molecule is COCC1(CC(N)=O)CCCN1C(=O)Cc1ccccc1C. The fourth-order valence-electron chi connectivity index (χ4n) is 3.37. The number of carbonyl (C=O) groups is 2. The molecule has 2 amide bonds. The summed E-state index contributed by atoms with van der Waals surface area (Å²) in [5, 5.41) is 0. The largest absolute Gasteiger partial charge is 0.382 e. The number of amides is 2. The number of ether oxygens (including phenoxy) is 1. The van der Waals surface area contributed by atoms with Crippen LogP contribution in [0.5, 0.6) is 0 Å². The second-order valence-electron chi connectivity index (χ2n) is 6.05. The molecule has 1 heterocycles. The van der Waals surface area contributed by atoms with Gasteiger partial charge >= 0.3 is 0 Å². The van der Waals surface area contributed by atoms with Crippen LogP contribution in [0.2, 0.25) is 0 Å². The number of benzene rings is 1. The molecule has 1 aliphatic heterocycles. The Labute approximate surface area is 131 Å². The van der Waals surface area contributed by atoms with Crippen LogP contribution >= 0.6 is 0 Å². The van der Waals surface area contributed by atoms with Crippen molar-refractivity contribution in [1.29, 1.82) is 0 Å². The summed E-state index contributed by atoms with van der Waals surface area (Å²) in [6.07, 6.45) is 2.12. The Hall–Kier alpha value is -1.88. The minimum Gasteiger partial charge on any atom is -0.382 e. The first-order valence-electron chi connectivity index (χ1n) is 7.61. The summed E-state index contributed by atoms with van der Waals surface area (Å²) in [5.74, 6) is -0.363. The van der Waals surface area contributed by atoms with Crippen LogP contribution in [-0.2, 0) is 20.7 Å². The van der Waals surface area contributed by atoms with E-state index in [4.69, 9.17) is 10.5 Å². The van der Waals surface area contributed by atoms with Crippen molar-refractivity contribution in [3.63, 3.8) is 0 Å². The van der Waals surface area contributed by atoms with Crippen molar-refractivity contribution < 1.29 is 14.3 Å². The second kappa shape index (κ2) is 6.92. The van der Waals surface area contributed by atoms with Crippen LogP contribution in [0.15, 0.2) is 24.3 Å². The third kappa shape index (κ3) is 3.47. The number of nitrogens with two attached hydrogens (primary N) is 1. The van der Waals surface area contributed by atoms with Crippen molar-refractivity contribution >= 4 is 11.8 Å². The topological polar surface area (TPSA) is 72.6 Å². The summed E-state index contributed by atoms with van der Waals surface area (Å²) in [4.78, 5) is 26.0. The predicted octanol–water partition coefficient (Wildman–Crippen LogP) is 1.42. The van der Waals surface area contributed by atoms with E-state index in [1.807, 2.05) is 31.2 Å². The van der Waals surface area contributed by atoms with E-state index in [2.05, 4.69) is 0 Å². The Balaban J connectivity index is 2.19. The Morgan fingerprint density at radius 3 is 2.73 bits per heavy atom. The van der Waals surface area contributed by atoms with Crippen LogP contribution < -0.4 is 5.73 Å². The molecule has 22 heavy (non-hydrogen) atoms. The normalized spacial score (nSPS) is 21.1. The van der Waals surface area contributed by atoms with Crippen molar-refractivity contribution in [3.05, 3.63) is 35.4 Å². The molecule has 1 aromatic carbocycles. The first-order chi connectivity index (χ1) is 10.5. The lowest BCUT2D eigenvalue weighted by Crippen LogP contribution is -2.53. The summed E-state index contributed by atoms with van der Waals surface area (Å²) in [6, 6.07) is 7.86. The number of aryl methyl sites for hydroxylation is 1. The Bertz CT molecular complexity index is 559. The maximum absolute atomic E-state index is 12.8. The zero-order valence-corrected chi connectivity index (χ0v) is 13.3. The molecule has 2 rings (SSSR count). The van der Waals surface area contributed by atoms with Gasteiger partial charge in [-0.05, 0) is 30.9 Å². The average Bonchev–Trinajstić information content (AvgIpc) is 2.84. The number of nitrogens with zero attached hydrogens (tertiary/aromatic N) is 1. The zero-order valence-electron chi connectivity index (χ0n) is 13.3. The summed E-state index contributed by atoms with van der Waals surface area (Å²) in [6.45, 7) is 3.00. The van der Waals surface area contributed by atoms with Gasteiger partial charge in [0.15, 0.2) is 0 Å². The maximum atomic E-state index is 12.8. The van der Waals surface area contributed by atoms with Crippen LogP contribution in [0.25, 0.3) is 0 Å². The number of methoxy groups -OCH3 is 1. The van der Waals surface area contributed by atoms with Gasteiger partial charge in [-0.1, -0.05) is 24.3 Å². The zero-order chi connectivity index (χ0) is 16.2. The van der Waals surface area contributed by atoms with Gasteiger partial charge < -0.3 is 15.4 Å². The third-order valence-corrected chi connectivity index (χ3v) is 4.42. The predicted molar refractivity (Wildman–Crippen MR) is 84.2 cm³/mol. The molecule has 0 saturated carbocycles. The number of hydrogen-bond acceptors (Lipinski definition) is 3. The highest BCUT2D eigenvalue weighted by molar-refractivity contribution is 5.82. The van der Waals surface area contributed by atoms with E-state index >= 15 is 0 Å². The first kappa shape index (κ1) is 16.5. The standard InChI is InChI=1S/C17H24N2O3/c1-13-6-3-4-7-14(13)10-16(21)19-9-5-8-17(19,12-22-2)11-15(18)20/h3-4,6-7H,5,8-12H2,1-2H3,(H2,18,20). The highest BCUT2D eigenvalue weighted by atomic mass is 16.5. The van der Waals surface area contributed by atoms with Gasteiger partial charge in [-0.15, -0.1) is 0 Å². The Kier molecular flexibility index (Phi) is 5.19. The van der Waals surface area contributed by atoms with Gasteiger partial charge in [0, 0.05) is 13.7 Å². The molecule has 1 saturated heterocycles. The summed E-state index contributed by atoms with van der Waals surface area (Å²) in [5.41, 5.74) is 6.93. The lowest BCUT2D eigenvalue weighted by molar-refractivity contribution is -0.138. The molecule has 120 valence electrons. The Morgan fingerprint density at radius 2 is 2.09 bits per heavy atom. The summed E-state index contributed by atoms with van der Waals surface area (Å²) >= 11 is 0. The molecule has 0 radical (unpaired) electrons. The van der Waals surface area contributed by atoms with E-state index in [9.17, 15) is 9.59 Å². The van der Waals surface area contributed by atoms with Gasteiger partial charge in [-0.25, -0.2) is 0 Å². The molecule has 1 aliphatic rings. The molecule has 5 nitrogen and oxygen atoms in total.